The van der Waals surface area contributed by atoms with Gasteiger partial charge in [0.05, 0.1) is 12.0 Å². The van der Waals surface area contributed by atoms with Crippen LogP contribution >= 0.6 is 0 Å². The van der Waals surface area contributed by atoms with Gasteiger partial charge in [0.25, 0.3) is 0 Å². The molecule has 25 heavy (non-hydrogen) atoms. The standard InChI is InChI=1S/C18H14FN3O3/c19-13-7-5-12(6-8-13)10-25-17-4-2-1-3-14(17)15(23)9-16(24)18-20-11-21-22-18/h1-8,11H,9-10H2,(H,20,21,22). The van der Waals surface area contributed by atoms with Gasteiger partial charge in [-0.15, -0.1) is 0 Å². The highest BCUT2D eigenvalue weighted by atomic mass is 19.1. The van der Waals surface area contributed by atoms with Crippen molar-refractivity contribution in [3.8, 4) is 5.75 Å². The molecule has 1 aromatic heterocycles. The van der Waals surface area contributed by atoms with Crippen LogP contribution in [0.25, 0.3) is 0 Å². The fraction of sp³-hybridized carbons (Fsp3) is 0.111. The Morgan fingerprint density at radius 3 is 2.52 bits per heavy atom. The number of carbonyl (C=O) groups is 2. The minimum atomic E-state index is -0.448. The zero-order valence-corrected chi connectivity index (χ0v) is 13.1. The van der Waals surface area contributed by atoms with Crippen molar-refractivity contribution in [1.82, 2.24) is 15.2 Å². The summed E-state index contributed by atoms with van der Waals surface area (Å²) in [5.74, 6) is -0.752. The second-order valence-electron chi connectivity index (χ2n) is 5.27. The van der Waals surface area contributed by atoms with E-state index in [1.54, 1.807) is 36.4 Å². The maximum Gasteiger partial charge on any atom is 0.207 e. The van der Waals surface area contributed by atoms with Gasteiger partial charge in [0, 0.05) is 0 Å². The smallest absolute Gasteiger partial charge is 0.207 e. The molecule has 6 nitrogen and oxygen atoms in total. The second-order valence-corrected chi connectivity index (χ2v) is 5.27. The van der Waals surface area contributed by atoms with Crippen molar-refractivity contribution in [2.75, 3.05) is 0 Å². The lowest BCUT2D eigenvalue weighted by Crippen LogP contribution is -2.11. The summed E-state index contributed by atoms with van der Waals surface area (Å²) in [4.78, 5) is 28.1. The molecule has 126 valence electrons. The van der Waals surface area contributed by atoms with E-state index < -0.39 is 5.78 Å². The summed E-state index contributed by atoms with van der Waals surface area (Å²) in [6.45, 7) is 0.181. The molecule has 0 radical (unpaired) electrons. The van der Waals surface area contributed by atoms with E-state index in [1.165, 1.54) is 18.5 Å². The average Bonchev–Trinajstić information content (AvgIpc) is 3.16. The van der Waals surface area contributed by atoms with Crippen LogP contribution in [-0.2, 0) is 6.61 Å². The first-order chi connectivity index (χ1) is 12.1. The number of ketones is 2. The van der Waals surface area contributed by atoms with Crippen molar-refractivity contribution in [3.05, 3.63) is 77.6 Å². The highest BCUT2D eigenvalue weighted by molar-refractivity contribution is 6.13. The number of aromatic nitrogens is 3. The molecule has 0 aliphatic heterocycles. The molecule has 0 saturated carbocycles. The lowest BCUT2D eigenvalue weighted by molar-refractivity contribution is 0.0886. The van der Waals surface area contributed by atoms with Gasteiger partial charge in [0.15, 0.2) is 11.6 Å². The largest absolute Gasteiger partial charge is 0.488 e. The van der Waals surface area contributed by atoms with E-state index in [-0.39, 0.29) is 30.5 Å². The number of nitrogens with one attached hydrogen (secondary N) is 1. The molecule has 7 heteroatoms. The average molecular weight is 339 g/mol. The first-order valence-electron chi connectivity index (χ1n) is 7.51. The van der Waals surface area contributed by atoms with Crippen LogP contribution in [0.2, 0.25) is 0 Å². The van der Waals surface area contributed by atoms with Crippen LogP contribution in [0.5, 0.6) is 5.75 Å². The topological polar surface area (TPSA) is 84.9 Å². The molecule has 0 fully saturated rings. The Morgan fingerprint density at radius 1 is 1.04 bits per heavy atom. The molecule has 0 saturated heterocycles. The molecule has 0 unspecified atom stereocenters. The van der Waals surface area contributed by atoms with Gasteiger partial charge in [-0.25, -0.2) is 9.37 Å². The molecule has 3 aromatic rings. The number of hydrogen-bond acceptors (Lipinski definition) is 5. The van der Waals surface area contributed by atoms with Crippen molar-refractivity contribution in [1.29, 1.82) is 0 Å². The Hall–Kier alpha value is -3.35. The first-order valence-corrected chi connectivity index (χ1v) is 7.51. The number of halogens is 1. The van der Waals surface area contributed by atoms with Gasteiger partial charge in [0.1, 0.15) is 24.5 Å². The molecule has 2 aromatic carbocycles. The molecule has 3 rings (SSSR count). The predicted octanol–water partition coefficient (Wildman–Crippen LogP) is 2.98. The Kier molecular flexibility index (Phi) is 4.94. The van der Waals surface area contributed by atoms with Gasteiger partial charge in [0.2, 0.25) is 5.78 Å². The van der Waals surface area contributed by atoms with Crippen molar-refractivity contribution in [2.24, 2.45) is 0 Å². The van der Waals surface area contributed by atoms with Crippen LogP contribution in [0.4, 0.5) is 4.39 Å². The molecular formula is C18H14FN3O3. The number of rotatable bonds is 7. The van der Waals surface area contributed by atoms with Crippen LogP contribution in [0, 0.1) is 5.82 Å². The van der Waals surface area contributed by atoms with Gasteiger partial charge in [-0.1, -0.05) is 24.3 Å². The zero-order chi connectivity index (χ0) is 17.6. The molecule has 0 atom stereocenters. The molecule has 0 aliphatic rings. The third kappa shape index (κ3) is 4.14. The molecule has 0 amide bonds. The van der Waals surface area contributed by atoms with Crippen LogP contribution in [0.1, 0.15) is 33.0 Å². The molecule has 0 bridgehead atoms. The van der Waals surface area contributed by atoms with E-state index in [1.807, 2.05) is 0 Å². The van der Waals surface area contributed by atoms with Crippen LogP contribution < -0.4 is 4.74 Å². The third-order valence-corrected chi connectivity index (χ3v) is 3.50. The highest BCUT2D eigenvalue weighted by Gasteiger charge is 2.18. The van der Waals surface area contributed by atoms with Gasteiger partial charge >= 0.3 is 0 Å². The van der Waals surface area contributed by atoms with Gasteiger partial charge in [-0.05, 0) is 29.8 Å². The van der Waals surface area contributed by atoms with Crippen LogP contribution in [0.3, 0.4) is 0 Å². The van der Waals surface area contributed by atoms with Gasteiger partial charge in [-0.2, -0.15) is 5.10 Å². The lowest BCUT2D eigenvalue weighted by atomic mass is 10.0. The fourth-order valence-corrected chi connectivity index (χ4v) is 2.23. The summed E-state index contributed by atoms with van der Waals surface area (Å²) in [6, 6.07) is 12.6. The number of ether oxygens (including phenoxy) is 1. The quantitative estimate of drug-likeness (QED) is 0.528. The number of aromatic amines is 1. The number of hydrogen-bond donors (Lipinski definition) is 1. The molecular weight excluding hydrogens is 325 g/mol. The fourth-order valence-electron chi connectivity index (χ4n) is 2.23. The maximum absolute atomic E-state index is 12.9. The summed E-state index contributed by atoms with van der Waals surface area (Å²) in [6.07, 6.45) is 0.865. The number of nitrogens with zero attached hydrogens (tertiary/aromatic N) is 2. The van der Waals surface area contributed by atoms with Gasteiger partial charge < -0.3 is 4.74 Å². The Bertz CT molecular complexity index is 877. The summed E-state index contributed by atoms with van der Waals surface area (Å²) < 4.78 is 18.6. The van der Waals surface area contributed by atoms with Crippen LogP contribution in [0.15, 0.2) is 54.9 Å². The Labute approximate surface area is 142 Å². The van der Waals surface area contributed by atoms with Crippen molar-refractivity contribution < 1.29 is 18.7 Å². The zero-order valence-electron chi connectivity index (χ0n) is 13.1. The van der Waals surface area contributed by atoms with E-state index in [0.717, 1.165) is 5.56 Å². The molecule has 0 aliphatic carbocycles. The van der Waals surface area contributed by atoms with E-state index in [9.17, 15) is 14.0 Å². The Morgan fingerprint density at radius 2 is 1.80 bits per heavy atom. The monoisotopic (exact) mass is 339 g/mol. The van der Waals surface area contributed by atoms with Crippen molar-refractivity contribution in [2.45, 2.75) is 13.0 Å². The minimum absolute atomic E-state index is 0.0399. The molecule has 0 spiro atoms. The van der Waals surface area contributed by atoms with Crippen molar-refractivity contribution >= 4 is 11.6 Å². The SMILES string of the molecule is O=C(CC(=O)c1ccccc1OCc1ccc(F)cc1)c1ncn[nH]1. The van der Waals surface area contributed by atoms with E-state index in [0.29, 0.717) is 11.3 Å². The molecule has 1 N–H and O–H groups in total. The minimum Gasteiger partial charge on any atom is -0.488 e. The van der Waals surface area contributed by atoms with Crippen LogP contribution in [-0.4, -0.2) is 26.7 Å². The highest BCUT2D eigenvalue weighted by Crippen LogP contribution is 2.21. The first kappa shape index (κ1) is 16.5. The number of benzene rings is 2. The number of carbonyl (C=O) groups excluding carboxylic acids is 2. The van der Waals surface area contributed by atoms with Crippen molar-refractivity contribution in [3.63, 3.8) is 0 Å². The van der Waals surface area contributed by atoms with Gasteiger partial charge in [-0.3, -0.25) is 14.7 Å². The summed E-state index contributed by atoms with van der Waals surface area (Å²) >= 11 is 0. The van der Waals surface area contributed by atoms with E-state index in [2.05, 4.69) is 15.2 Å². The second kappa shape index (κ2) is 7.48. The number of H-pyrrole nitrogens is 1. The molecule has 1 heterocycles. The summed E-state index contributed by atoms with van der Waals surface area (Å²) in [7, 11) is 0. The maximum atomic E-state index is 12.9. The lowest BCUT2D eigenvalue weighted by Gasteiger charge is -2.10. The van der Waals surface area contributed by atoms with E-state index in [4.69, 9.17) is 4.74 Å². The number of para-hydroxylation sites is 1. The summed E-state index contributed by atoms with van der Waals surface area (Å²) in [5, 5.41) is 6.03. The number of Topliss-reactive ketones (excluding diaryl/α,β-unsaturated/α-hetero) is 2. The summed E-state index contributed by atoms with van der Waals surface area (Å²) in [5.41, 5.74) is 1.07. The third-order valence-electron chi connectivity index (χ3n) is 3.50. The Balaban J connectivity index is 1.70. The normalized spacial score (nSPS) is 10.4. The van der Waals surface area contributed by atoms with E-state index >= 15 is 0 Å². The predicted molar refractivity (Wildman–Crippen MR) is 86.8 cm³/mol.